The van der Waals surface area contributed by atoms with Gasteiger partial charge in [-0.25, -0.2) is 8.42 Å². The number of rotatable bonds is 8. The van der Waals surface area contributed by atoms with E-state index in [0.29, 0.717) is 23.5 Å². The molecule has 0 radical (unpaired) electrons. The third kappa shape index (κ3) is 5.88. The van der Waals surface area contributed by atoms with Crippen molar-refractivity contribution in [2.24, 2.45) is 0 Å². The Bertz CT molecular complexity index is 1200. The van der Waals surface area contributed by atoms with Gasteiger partial charge in [-0.05, 0) is 86.3 Å². The molecule has 2 N–H and O–H groups in total. The normalized spacial score (nSPS) is 12.1. The SMILES string of the molecule is CC[C@H](Oc1cc(C)ccc1C)C(=O)Nc1ccc(S(=O)(=O)Nc2cccc(C)c2)cc1. The van der Waals surface area contributed by atoms with Crippen molar-refractivity contribution in [3.63, 3.8) is 0 Å². The van der Waals surface area contributed by atoms with E-state index in [1.54, 1.807) is 30.3 Å². The first-order valence-electron chi connectivity index (χ1n) is 10.4. The standard InChI is InChI=1S/C25H28N2O4S/c1-5-23(31-24-16-18(3)9-10-19(24)4)25(28)26-20-11-13-22(14-12-20)32(29,30)27-21-8-6-7-17(2)15-21/h6-16,23,27H,5H2,1-4H3,(H,26,28)/t23-/m0/s1. The fraction of sp³-hybridized carbons (Fsp3) is 0.240. The van der Waals surface area contributed by atoms with Gasteiger partial charge in [0.15, 0.2) is 6.10 Å². The van der Waals surface area contributed by atoms with Crippen molar-refractivity contribution in [2.75, 3.05) is 10.0 Å². The van der Waals surface area contributed by atoms with Crippen molar-refractivity contribution < 1.29 is 17.9 Å². The molecule has 0 unspecified atom stereocenters. The first-order chi connectivity index (χ1) is 15.2. The lowest BCUT2D eigenvalue weighted by molar-refractivity contribution is -0.122. The van der Waals surface area contributed by atoms with Gasteiger partial charge in [0.25, 0.3) is 15.9 Å². The number of carbonyl (C=O) groups excluding carboxylic acids is 1. The van der Waals surface area contributed by atoms with Crippen LogP contribution in [-0.4, -0.2) is 20.4 Å². The molecule has 0 aliphatic heterocycles. The fourth-order valence-electron chi connectivity index (χ4n) is 3.17. The fourth-order valence-corrected chi connectivity index (χ4v) is 4.22. The van der Waals surface area contributed by atoms with E-state index in [4.69, 9.17) is 4.74 Å². The zero-order valence-corrected chi connectivity index (χ0v) is 19.5. The summed E-state index contributed by atoms with van der Waals surface area (Å²) in [6.07, 6.45) is -0.173. The molecule has 0 aliphatic rings. The molecule has 3 aromatic carbocycles. The van der Waals surface area contributed by atoms with Gasteiger partial charge < -0.3 is 10.1 Å². The maximum atomic E-state index is 12.7. The van der Waals surface area contributed by atoms with Crippen LogP contribution in [0, 0.1) is 20.8 Å². The van der Waals surface area contributed by atoms with Gasteiger partial charge in [-0.2, -0.15) is 0 Å². The second-order valence-corrected chi connectivity index (χ2v) is 9.45. The van der Waals surface area contributed by atoms with Crippen LogP contribution < -0.4 is 14.8 Å². The van der Waals surface area contributed by atoms with Crippen molar-refractivity contribution in [3.8, 4) is 5.75 Å². The van der Waals surface area contributed by atoms with Crippen LogP contribution in [0.4, 0.5) is 11.4 Å². The Morgan fingerprint density at radius 3 is 2.25 bits per heavy atom. The topological polar surface area (TPSA) is 84.5 Å². The molecular formula is C25H28N2O4S. The Morgan fingerprint density at radius 1 is 0.906 bits per heavy atom. The minimum Gasteiger partial charge on any atom is -0.480 e. The van der Waals surface area contributed by atoms with Crippen LogP contribution in [0.3, 0.4) is 0 Å². The molecule has 168 valence electrons. The number of nitrogens with one attached hydrogen (secondary N) is 2. The number of hydrogen-bond acceptors (Lipinski definition) is 4. The first-order valence-corrected chi connectivity index (χ1v) is 11.9. The molecule has 0 heterocycles. The number of aryl methyl sites for hydroxylation is 3. The lowest BCUT2D eigenvalue weighted by Gasteiger charge is -2.19. The maximum Gasteiger partial charge on any atom is 0.265 e. The Kier molecular flexibility index (Phi) is 7.20. The van der Waals surface area contributed by atoms with Crippen molar-refractivity contribution in [1.82, 2.24) is 0 Å². The van der Waals surface area contributed by atoms with E-state index in [9.17, 15) is 13.2 Å². The zero-order valence-electron chi connectivity index (χ0n) is 18.7. The second kappa shape index (κ2) is 9.87. The molecule has 0 spiro atoms. The predicted molar refractivity (Wildman–Crippen MR) is 128 cm³/mol. The number of sulfonamides is 1. The highest BCUT2D eigenvalue weighted by atomic mass is 32.2. The van der Waals surface area contributed by atoms with Crippen LogP contribution in [-0.2, 0) is 14.8 Å². The molecule has 0 saturated carbocycles. The summed E-state index contributed by atoms with van der Waals surface area (Å²) in [5, 5.41) is 2.80. The quantitative estimate of drug-likeness (QED) is 0.491. The minimum atomic E-state index is -3.73. The average Bonchev–Trinajstić information content (AvgIpc) is 2.74. The summed E-state index contributed by atoms with van der Waals surface area (Å²) >= 11 is 0. The molecule has 3 rings (SSSR count). The molecule has 3 aromatic rings. The molecule has 32 heavy (non-hydrogen) atoms. The molecule has 0 aliphatic carbocycles. The van der Waals surface area contributed by atoms with Crippen LogP contribution in [0.1, 0.15) is 30.0 Å². The lowest BCUT2D eigenvalue weighted by Crippen LogP contribution is -2.32. The number of anilines is 2. The first kappa shape index (κ1) is 23.3. The Morgan fingerprint density at radius 2 is 1.59 bits per heavy atom. The van der Waals surface area contributed by atoms with Crippen LogP contribution in [0.15, 0.2) is 71.6 Å². The van der Waals surface area contributed by atoms with Gasteiger partial charge >= 0.3 is 0 Å². The Hall–Kier alpha value is -3.32. The van der Waals surface area contributed by atoms with Crippen molar-refractivity contribution in [1.29, 1.82) is 0 Å². The van der Waals surface area contributed by atoms with Crippen LogP contribution in [0.2, 0.25) is 0 Å². The number of ether oxygens (including phenoxy) is 1. The number of benzene rings is 3. The molecule has 0 saturated heterocycles. The molecule has 6 nitrogen and oxygen atoms in total. The van der Waals surface area contributed by atoms with E-state index in [2.05, 4.69) is 10.0 Å². The van der Waals surface area contributed by atoms with Gasteiger partial charge in [-0.15, -0.1) is 0 Å². The number of carbonyl (C=O) groups is 1. The minimum absolute atomic E-state index is 0.107. The molecule has 1 amide bonds. The predicted octanol–water partition coefficient (Wildman–Crippen LogP) is 5.21. The van der Waals surface area contributed by atoms with Gasteiger partial charge in [-0.1, -0.05) is 31.2 Å². The number of amides is 1. The van der Waals surface area contributed by atoms with Crippen LogP contribution in [0.5, 0.6) is 5.75 Å². The van der Waals surface area contributed by atoms with Gasteiger partial charge in [0.05, 0.1) is 4.90 Å². The van der Waals surface area contributed by atoms with Crippen molar-refractivity contribution >= 4 is 27.3 Å². The van der Waals surface area contributed by atoms with Crippen LogP contribution in [0.25, 0.3) is 0 Å². The Balaban J connectivity index is 1.68. The summed E-state index contributed by atoms with van der Waals surface area (Å²) in [5.41, 5.74) is 3.95. The summed E-state index contributed by atoms with van der Waals surface area (Å²) in [6.45, 7) is 7.67. The lowest BCUT2D eigenvalue weighted by atomic mass is 10.1. The van der Waals surface area contributed by atoms with E-state index in [-0.39, 0.29) is 10.8 Å². The summed E-state index contributed by atoms with van der Waals surface area (Å²) in [5.74, 6) is 0.387. The van der Waals surface area contributed by atoms with E-state index in [1.165, 1.54) is 12.1 Å². The summed E-state index contributed by atoms with van der Waals surface area (Å²) in [4.78, 5) is 12.8. The molecular weight excluding hydrogens is 424 g/mol. The third-order valence-corrected chi connectivity index (χ3v) is 6.38. The summed E-state index contributed by atoms with van der Waals surface area (Å²) < 4.78 is 33.8. The third-order valence-electron chi connectivity index (χ3n) is 4.98. The van der Waals surface area contributed by atoms with Gasteiger partial charge in [0.2, 0.25) is 0 Å². The molecule has 7 heteroatoms. The van der Waals surface area contributed by atoms with E-state index in [1.807, 2.05) is 52.0 Å². The zero-order chi connectivity index (χ0) is 23.3. The van der Waals surface area contributed by atoms with Gasteiger partial charge in [-0.3, -0.25) is 9.52 Å². The monoisotopic (exact) mass is 452 g/mol. The smallest absolute Gasteiger partial charge is 0.265 e. The molecule has 0 fully saturated rings. The molecule has 1 atom stereocenters. The van der Waals surface area contributed by atoms with E-state index < -0.39 is 16.1 Å². The molecule has 0 aromatic heterocycles. The van der Waals surface area contributed by atoms with Crippen molar-refractivity contribution in [3.05, 3.63) is 83.4 Å². The largest absolute Gasteiger partial charge is 0.480 e. The Labute approximate surface area is 189 Å². The summed E-state index contributed by atoms with van der Waals surface area (Å²) in [7, 11) is -3.73. The van der Waals surface area contributed by atoms with E-state index >= 15 is 0 Å². The highest BCUT2D eigenvalue weighted by Gasteiger charge is 2.20. The highest BCUT2D eigenvalue weighted by Crippen LogP contribution is 2.23. The van der Waals surface area contributed by atoms with Crippen LogP contribution >= 0.6 is 0 Å². The highest BCUT2D eigenvalue weighted by molar-refractivity contribution is 7.92. The van der Waals surface area contributed by atoms with Gasteiger partial charge in [0, 0.05) is 11.4 Å². The molecule has 0 bridgehead atoms. The van der Waals surface area contributed by atoms with Crippen molar-refractivity contribution in [2.45, 2.75) is 45.1 Å². The van der Waals surface area contributed by atoms with Gasteiger partial charge in [0.1, 0.15) is 5.75 Å². The maximum absolute atomic E-state index is 12.7. The second-order valence-electron chi connectivity index (χ2n) is 7.77. The summed E-state index contributed by atoms with van der Waals surface area (Å²) in [6, 6.07) is 19.0. The average molecular weight is 453 g/mol. The van der Waals surface area contributed by atoms with E-state index in [0.717, 1.165) is 16.7 Å². The number of hydrogen-bond donors (Lipinski definition) is 2.